The fraction of sp³-hybridized carbons (Fsp3) is 0.308. The minimum atomic E-state index is -0.989. The molecule has 1 N–H and O–H groups in total. The van der Waals surface area contributed by atoms with E-state index >= 15 is 0 Å². The van der Waals surface area contributed by atoms with E-state index in [1.54, 1.807) is 13.8 Å². The van der Waals surface area contributed by atoms with Gasteiger partial charge in [0.05, 0.1) is 11.4 Å². The molecule has 7 nitrogen and oxygen atoms in total. The van der Waals surface area contributed by atoms with Gasteiger partial charge in [0.1, 0.15) is 5.60 Å². The molecule has 0 atom stereocenters. The van der Waals surface area contributed by atoms with E-state index in [1.807, 2.05) is 18.2 Å². The third-order valence-corrected chi connectivity index (χ3v) is 6.14. The van der Waals surface area contributed by atoms with E-state index in [0.29, 0.717) is 5.69 Å². The Kier molecular flexibility index (Phi) is 5.64. The molecule has 0 spiro atoms. The molecule has 1 aliphatic heterocycles. The predicted molar refractivity (Wildman–Crippen MR) is 130 cm³/mol. The van der Waals surface area contributed by atoms with Crippen LogP contribution >= 0.6 is 0 Å². The van der Waals surface area contributed by atoms with Gasteiger partial charge in [0, 0.05) is 43.4 Å². The first-order valence-corrected chi connectivity index (χ1v) is 11.3. The molecule has 0 aliphatic carbocycles. The monoisotopic (exact) mass is 440 g/mol. The van der Waals surface area contributed by atoms with Crippen molar-refractivity contribution < 1.29 is 5.11 Å². The van der Waals surface area contributed by atoms with Crippen molar-refractivity contribution in [3.8, 4) is 0 Å². The molecule has 1 saturated heterocycles. The maximum Gasteiger partial charge on any atom is 0.159 e. The van der Waals surface area contributed by atoms with Gasteiger partial charge >= 0.3 is 0 Å². The van der Waals surface area contributed by atoms with Crippen molar-refractivity contribution in [2.75, 3.05) is 36.0 Å². The molecule has 7 heteroatoms. The quantitative estimate of drug-likeness (QED) is 0.508. The van der Waals surface area contributed by atoms with Gasteiger partial charge < -0.3 is 14.9 Å². The van der Waals surface area contributed by atoms with Gasteiger partial charge in [-0.2, -0.15) is 10.2 Å². The Bertz CT molecular complexity index is 1230. The van der Waals surface area contributed by atoms with Crippen molar-refractivity contribution in [1.82, 2.24) is 20.4 Å². The van der Waals surface area contributed by atoms with Crippen molar-refractivity contribution >= 4 is 22.4 Å². The third kappa shape index (κ3) is 4.50. The number of aromatic nitrogens is 4. The zero-order valence-electron chi connectivity index (χ0n) is 19.0. The van der Waals surface area contributed by atoms with Gasteiger partial charge in [-0.25, -0.2) is 0 Å². The molecule has 33 heavy (non-hydrogen) atoms. The third-order valence-electron chi connectivity index (χ3n) is 6.14. The fourth-order valence-corrected chi connectivity index (χ4v) is 4.27. The Morgan fingerprint density at radius 1 is 0.727 bits per heavy atom. The molecule has 1 fully saturated rings. The van der Waals surface area contributed by atoms with Crippen LogP contribution in [0.5, 0.6) is 0 Å². The van der Waals surface area contributed by atoms with E-state index < -0.39 is 5.60 Å². The summed E-state index contributed by atoms with van der Waals surface area (Å²) >= 11 is 0. The summed E-state index contributed by atoms with van der Waals surface area (Å²) in [7, 11) is 0. The molecule has 1 aliphatic rings. The van der Waals surface area contributed by atoms with Crippen LogP contribution < -0.4 is 9.80 Å². The summed E-state index contributed by atoms with van der Waals surface area (Å²) in [6.45, 7) is 6.71. The van der Waals surface area contributed by atoms with Gasteiger partial charge in [0.25, 0.3) is 0 Å². The number of rotatable bonds is 5. The Labute approximate surface area is 193 Å². The Balaban J connectivity index is 1.34. The lowest BCUT2D eigenvalue weighted by Gasteiger charge is -2.36. The van der Waals surface area contributed by atoms with Crippen molar-refractivity contribution in [1.29, 1.82) is 0 Å². The zero-order valence-corrected chi connectivity index (χ0v) is 19.0. The maximum atomic E-state index is 10.1. The second-order valence-corrected chi connectivity index (χ2v) is 8.99. The number of fused-ring (bicyclic) bond motifs is 1. The van der Waals surface area contributed by atoms with E-state index in [1.165, 1.54) is 5.56 Å². The van der Waals surface area contributed by atoms with Crippen molar-refractivity contribution in [2.24, 2.45) is 0 Å². The summed E-state index contributed by atoms with van der Waals surface area (Å²) in [5, 5.41) is 30.2. The highest BCUT2D eigenvalue weighted by Gasteiger charge is 2.23. The molecule has 3 heterocycles. The van der Waals surface area contributed by atoms with Gasteiger partial charge in [0.2, 0.25) is 0 Å². The highest BCUT2D eigenvalue weighted by Crippen LogP contribution is 2.28. The van der Waals surface area contributed by atoms with Gasteiger partial charge in [0.15, 0.2) is 11.6 Å². The molecular weight excluding hydrogens is 412 g/mol. The summed E-state index contributed by atoms with van der Waals surface area (Å²) < 4.78 is 0. The van der Waals surface area contributed by atoms with Crippen LogP contribution in [0.4, 0.5) is 11.6 Å². The SMILES string of the molecule is CC(C)(O)c1ccc(N2CCN(c3nnc(Cc4ccccc4)c4ccccc34)CC2)nn1. The molecule has 168 valence electrons. The lowest BCUT2D eigenvalue weighted by Crippen LogP contribution is -2.47. The van der Waals surface area contributed by atoms with Crippen molar-refractivity contribution in [3.05, 3.63) is 83.7 Å². The van der Waals surface area contributed by atoms with Crippen molar-refractivity contribution in [2.45, 2.75) is 25.9 Å². The fourth-order valence-electron chi connectivity index (χ4n) is 4.27. The lowest BCUT2D eigenvalue weighted by molar-refractivity contribution is 0.0728. The van der Waals surface area contributed by atoms with Crippen LogP contribution in [-0.2, 0) is 12.0 Å². The molecule has 0 amide bonds. The maximum absolute atomic E-state index is 10.1. The van der Waals surface area contributed by atoms with Crippen LogP contribution in [-0.4, -0.2) is 51.7 Å². The summed E-state index contributed by atoms with van der Waals surface area (Å²) in [5.74, 6) is 1.77. The summed E-state index contributed by atoms with van der Waals surface area (Å²) in [6, 6.07) is 22.6. The Morgan fingerprint density at radius 2 is 1.39 bits per heavy atom. The number of anilines is 2. The smallest absolute Gasteiger partial charge is 0.159 e. The van der Waals surface area contributed by atoms with Crippen LogP contribution in [0.1, 0.15) is 30.8 Å². The molecular formula is C26H28N6O. The largest absolute Gasteiger partial charge is 0.384 e. The minimum absolute atomic E-state index is 0.572. The molecule has 0 unspecified atom stereocenters. The van der Waals surface area contributed by atoms with Crippen LogP contribution in [0.2, 0.25) is 0 Å². The summed E-state index contributed by atoms with van der Waals surface area (Å²) in [4.78, 5) is 4.52. The molecule has 0 radical (unpaired) electrons. The molecule has 2 aromatic heterocycles. The number of aliphatic hydroxyl groups is 1. The molecule has 0 saturated carbocycles. The number of hydrogen-bond donors (Lipinski definition) is 1. The van der Waals surface area contributed by atoms with E-state index in [-0.39, 0.29) is 0 Å². The molecule has 0 bridgehead atoms. The predicted octanol–water partition coefficient (Wildman–Crippen LogP) is 3.56. The minimum Gasteiger partial charge on any atom is -0.384 e. The van der Waals surface area contributed by atoms with Gasteiger partial charge in [-0.15, -0.1) is 10.2 Å². The average molecular weight is 441 g/mol. The van der Waals surface area contributed by atoms with E-state index in [4.69, 9.17) is 0 Å². The van der Waals surface area contributed by atoms with E-state index in [2.05, 4.69) is 78.7 Å². The average Bonchev–Trinajstić information content (AvgIpc) is 2.85. The molecule has 4 aromatic rings. The second kappa shape index (κ2) is 8.75. The second-order valence-electron chi connectivity index (χ2n) is 8.99. The Hall–Kier alpha value is -3.58. The first-order chi connectivity index (χ1) is 16.0. The van der Waals surface area contributed by atoms with Crippen molar-refractivity contribution in [3.63, 3.8) is 0 Å². The molecule has 5 rings (SSSR count). The van der Waals surface area contributed by atoms with Crippen LogP contribution in [0, 0.1) is 0 Å². The summed E-state index contributed by atoms with van der Waals surface area (Å²) in [6.07, 6.45) is 0.766. The number of hydrogen-bond acceptors (Lipinski definition) is 7. The number of piperazine rings is 1. The van der Waals surface area contributed by atoms with Crippen LogP contribution in [0.15, 0.2) is 66.7 Å². The van der Waals surface area contributed by atoms with E-state index in [0.717, 1.165) is 60.7 Å². The number of benzene rings is 2. The lowest BCUT2D eigenvalue weighted by atomic mass is 10.0. The summed E-state index contributed by atoms with van der Waals surface area (Å²) in [5.41, 5.74) is 1.81. The normalized spacial score (nSPS) is 14.6. The molecule has 2 aromatic carbocycles. The zero-order chi connectivity index (χ0) is 22.8. The first kappa shape index (κ1) is 21.3. The highest BCUT2D eigenvalue weighted by atomic mass is 16.3. The first-order valence-electron chi connectivity index (χ1n) is 11.3. The van der Waals surface area contributed by atoms with E-state index in [9.17, 15) is 5.11 Å². The van der Waals surface area contributed by atoms with Crippen LogP contribution in [0.3, 0.4) is 0 Å². The van der Waals surface area contributed by atoms with Gasteiger partial charge in [-0.3, -0.25) is 0 Å². The standard InChI is InChI=1S/C26H28N6O/c1-26(2,33)23-12-13-24(29-28-23)31-14-16-32(17-15-31)25-21-11-7-6-10-20(21)22(27-30-25)18-19-8-4-3-5-9-19/h3-13,33H,14-18H2,1-2H3. The topological polar surface area (TPSA) is 78.3 Å². The van der Waals surface area contributed by atoms with Crippen LogP contribution in [0.25, 0.3) is 10.8 Å². The van der Waals surface area contributed by atoms with Gasteiger partial charge in [-0.1, -0.05) is 54.6 Å². The Morgan fingerprint density at radius 3 is 2.06 bits per heavy atom. The number of nitrogens with zero attached hydrogens (tertiary/aromatic N) is 6. The highest BCUT2D eigenvalue weighted by molar-refractivity contribution is 5.93. The van der Waals surface area contributed by atoms with Gasteiger partial charge in [-0.05, 0) is 31.5 Å².